The van der Waals surface area contributed by atoms with E-state index in [0.29, 0.717) is 6.54 Å². The molecule has 1 aromatic carbocycles. The molecule has 0 aliphatic carbocycles. The maximum Gasteiger partial charge on any atom is 0.231 e. The van der Waals surface area contributed by atoms with E-state index >= 15 is 0 Å². The molecule has 1 heterocycles. The fourth-order valence-electron chi connectivity index (χ4n) is 3.41. The molecule has 0 fully saturated rings. The van der Waals surface area contributed by atoms with Crippen LogP contribution in [0.25, 0.3) is 0 Å². The Morgan fingerprint density at radius 1 is 1.08 bits per heavy atom. The summed E-state index contributed by atoms with van der Waals surface area (Å²) in [5, 5.41) is 0. The molecule has 1 aromatic heterocycles. The van der Waals surface area contributed by atoms with Crippen molar-refractivity contribution >= 4 is 11.8 Å². The fraction of sp³-hybridized carbons (Fsp3) is 0.381. The van der Waals surface area contributed by atoms with Crippen LogP contribution in [0.15, 0.2) is 54.9 Å². The van der Waals surface area contributed by atoms with Gasteiger partial charge in [0.05, 0.1) is 5.92 Å². The second-order valence-corrected chi connectivity index (χ2v) is 6.67. The quantitative estimate of drug-likeness (QED) is 0.792. The number of hydrogen-bond acceptors (Lipinski definition) is 3. The third kappa shape index (κ3) is 4.69. The van der Waals surface area contributed by atoms with Crippen molar-refractivity contribution in [3.05, 3.63) is 66.0 Å². The minimum absolute atomic E-state index is 0.00870. The lowest BCUT2D eigenvalue weighted by molar-refractivity contribution is -0.135. The molecule has 138 valence electrons. The van der Waals surface area contributed by atoms with Crippen molar-refractivity contribution < 1.29 is 9.59 Å². The number of rotatable bonds is 8. The minimum Gasteiger partial charge on any atom is -0.370 e. The smallest absolute Gasteiger partial charge is 0.231 e. The molecule has 0 aliphatic heterocycles. The fourth-order valence-corrected chi connectivity index (χ4v) is 3.41. The highest BCUT2D eigenvalue weighted by molar-refractivity contribution is 5.86. The molecule has 0 radical (unpaired) electrons. The summed E-state index contributed by atoms with van der Waals surface area (Å²) >= 11 is 0. The Hall–Kier alpha value is -2.69. The Morgan fingerprint density at radius 2 is 1.73 bits per heavy atom. The normalized spacial score (nSPS) is 13.2. The minimum atomic E-state index is -0.513. The topological polar surface area (TPSA) is 76.3 Å². The van der Waals surface area contributed by atoms with Gasteiger partial charge in [-0.25, -0.2) is 0 Å². The average Bonchev–Trinajstić information content (AvgIpc) is 2.63. The first-order valence-electron chi connectivity index (χ1n) is 8.99. The van der Waals surface area contributed by atoms with Gasteiger partial charge in [0.25, 0.3) is 0 Å². The summed E-state index contributed by atoms with van der Waals surface area (Å²) in [5.74, 6) is -1.28. The van der Waals surface area contributed by atoms with E-state index in [0.717, 1.165) is 11.1 Å². The molecule has 2 N–H and O–H groups in total. The monoisotopic (exact) mass is 353 g/mol. The van der Waals surface area contributed by atoms with Gasteiger partial charge in [-0.15, -0.1) is 0 Å². The SMILES string of the molecule is CCN(C(=O)C(c1cccnc1)C(CC(N)=O)c1ccccc1)C(C)C. The summed E-state index contributed by atoms with van der Waals surface area (Å²) in [6.45, 7) is 6.55. The molecule has 0 saturated heterocycles. The van der Waals surface area contributed by atoms with E-state index in [1.807, 2.05) is 68.1 Å². The van der Waals surface area contributed by atoms with Crippen molar-refractivity contribution in [2.75, 3.05) is 6.54 Å². The molecule has 5 nitrogen and oxygen atoms in total. The van der Waals surface area contributed by atoms with E-state index in [-0.39, 0.29) is 24.3 Å². The lowest BCUT2D eigenvalue weighted by atomic mass is 9.78. The number of hydrogen-bond donors (Lipinski definition) is 1. The Labute approximate surface area is 155 Å². The maximum absolute atomic E-state index is 13.5. The number of carbonyl (C=O) groups excluding carboxylic acids is 2. The zero-order valence-corrected chi connectivity index (χ0v) is 15.6. The van der Waals surface area contributed by atoms with Gasteiger partial charge in [-0.3, -0.25) is 14.6 Å². The average molecular weight is 353 g/mol. The van der Waals surface area contributed by atoms with Crippen LogP contribution >= 0.6 is 0 Å². The summed E-state index contributed by atoms with van der Waals surface area (Å²) in [4.78, 5) is 31.3. The van der Waals surface area contributed by atoms with Gasteiger partial charge in [0.1, 0.15) is 0 Å². The predicted molar refractivity (Wildman–Crippen MR) is 102 cm³/mol. The van der Waals surface area contributed by atoms with Gasteiger partial charge in [0.15, 0.2) is 0 Å². The summed E-state index contributed by atoms with van der Waals surface area (Å²) in [6, 6.07) is 13.4. The lowest BCUT2D eigenvalue weighted by Crippen LogP contribution is -2.42. The van der Waals surface area contributed by atoms with Gasteiger partial charge in [-0.2, -0.15) is 0 Å². The zero-order valence-electron chi connectivity index (χ0n) is 15.6. The van der Waals surface area contributed by atoms with Crippen LogP contribution in [0.3, 0.4) is 0 Å². The highest BCUT2D eigenvalue weighted by Gasteiger charge is 2.35. The Bertz CT molecular complexity index is 717. The summed E-state index contributed by atoms with van der Waals surface area (Å²) in [7, 11) is 0. The first-order valence-corrected chi connectivity index (χ1v) is 8.99. The number of aromatic nitrogens is 1. The standard InChI is InChI=1S/C21H27N3O2/c1-4-24(15(2)3)21(26)20(17-11-8-12-23-14-17)18(13-19(22)25)16-9-6-5-7-10-16/h5-12,14-15,18,20H,4,13H2,1-3H3,(H2,22,25). The van der Waals surface area contributed by atoms with Crippen molar-refractivity contribution in [1.82, 2.24) is 9.88 Å². The van der Waals surface area contributed by atoms with Crippen LogP contribution in [0.5, 0.6) is 0 Å². The van der Waals surface area contributed by atoms with Gasteiger partial charge in [-0.1, -0.05) is 36.4 Å². The van der Waals surface area contributed by atoms with Crippen molar-refractivity contribution in [3.63, 3.8) is 0 Å². The van der Waals surface area contributed by atoms with Gasteiger partial charge in [0, 0.05) is 37.3 Å². The van der Waals surface area contributed by atoms with E-state index in [1.54, 1.807) is 12.4 Å². The molecular formula is C21H27N3O2. The predicted octanol–water partition coefficient (Wildman–Crippen LogP) is 3.08. The van der Waals surface area contributed by atoms with Gasteiger partial charge >= 0.3 is 0 Å². The van der Waals surface area contributed by atoms with Crippen molar-refractivity contribution in [2.45, 2.75) is 45.1 Å². The molecule has 2 rings (SSSR count). The number of pyridine rings is 1. The Balaban J connectivity index is 2.56. The van der Waals surface area contributed by atoms with E-state index in [2.05, 4.69) is 4.98 Å². The largest absolute Gasteiger partial charge is 0.370 e. The van der Waals surface area contributed by atoms with Crippen LogP contribution in [0.1, 0.15) is 50.2 Å². The van der Waals surface area contributed by atoms with Gasteiger partial charge < -0.3 is 10.6 Å². The molecule has 0 spiro atoms. The van der Waals surface area contributed by atoms with E-state index < -0.39 is 11.8 Å². The van der Waals surface area contributed by atoms with E-state index in [9.17, 15) is 9.59 Å². The third-order valence-electron chi connectivity index (χ3n) is 4.61. The third-order valence-corrected chi connectivity index (χ3v) is 4.61. The highest BCUT2D eigenvalue weighted by atomic mass is 16.2. The molecular weight excluding hydrogens is 326 g/mol. The molecule has 0 bridgehead atoms. The number of primary amides is 1. The van der Waals surface area contributed by atoms with Gasteiger partial charge in [0.2, 0.25) is 11.8 Å². The zero-order chi connectivity index (χ0) is 19.1. The maximum atomic E-state index is 13.5. The van der Waals surface area contributed by atoms with E-state index in [1.165, 1.54) is 0 Å². The molecule has 0 aliphatic rings. The molecule has 26 heavy (non-hydrogen) atoms. The van der Waals surface area contributed by atoms with Crippen LogP contribution in [-0.4, -0.2) is 34.3 Å². The first kappa shape index (κ1) is 19.6. The van der Waals surface area contributed by atoms with Crippen LogP contribution < -0.4 is 5.73 Å². The second kappa shape index (κ2) is 9.13. The molecule has 5 heteroatoms. The number of nitrogens with zero attached hydrogens (tertiary/aromatic N) is 2. The summed E-state index contributed by atoms with van der Waals surface area (Å²) < 4.78 is 0. The number of amides is 2. The second-order valence-electron chi connectivity index (χ2n) is 6.67. The van der Waals surface area contributed by atoms with Crippen LogP contribution in [0, 0.1) is 0 Å². The highest BCUT2D eigenvalue weighted by Crippen LogP contribution is 2.37. The lowest BCUT2D eigenvalue weighted by Gasteiger charge is -2.33. The molecule has 2 amide bonds. The van der Waals surface area contributed by atoms with Crippen LogP contribution in [0.4, 0.5) is 0 Å². The molecule has 0 saturated carbocycles. The molecule has 2 unspecified atom stereocenters. The number of carbonyl (C=O) groups is 2. The van der Waals surface area contributed by atoms with Crippen LogP contribution in [0.2, 0.25) is 0 Å². The Kier molecular flexibility index (Phi) is 6.89. The van der Waals surface area contributed by atoms with Crippen molar-refractivity contribution in [1.29, 1.82) is 0 Å². The van der Waals surface area contributed by atoms with Crippen molar-refractivity contribution in [2.24, 2.45) is 5.73 Å². The van der Waals surface area contributed by atoms with Crippen LogP contribution in [-0.2, 0) is 9.59 Å². The van der Waals surface area contributed by atoms with E-state index in [4.69, 9.17) is 5.73 Å². The summed E-state index contributed by atoms with van der Waals surface area (Å²) in [6.07, 6.45) is 3.48. The Morgan fingerprint density at radius 3 is 2.23 bits per heavy atom. The van der Waals surface area contributed by atoms with Gasteiger partial charge in [-0.05, 0) is 38.0 Å². The molecule has 2 atom stereocenters. The number of benzene rings is 1. The molecule has 2 aromatic rings. The van der Waals surface area contributed by atoms with Crippen molar-refractivity contribution in [3.8, 4) is 0 Å². The number of likely N-dealkylation sites (N-methyl/N-ethyl adjacent to an activating group) is 1. The number of nitrogens with two attached hydrogens (primary N) is 1. The first-order chi connectivity index (χ1) is 12.5. The summed E-state index contributed by atoms with van der Waals surface area (Å²) in [5.41, 5.74) is 7.26.